The summed E-state index contributed by atoms with van der Waals surface area (Å²) < 4.78 is 16.3. The number of pyridine rings is 2. The minimum absolute atomic E-state index is 0.0704. The normalized spacial score (nSPS) is 15.6. The highest BCUT2D eigenvalue weighted by Crippen LogP contribution is 2.41. The smallest absolute Gasteiger partial charge is 0.266 e. The summed E-state index contributed by atoms with van der Waals surface area (Å²) in [4.78, 5) is 138. The second-order valence-corrected chi connectivity index (χ2v) is 34.4. The number of hydrogen-bond acceptors (Lipinski definition) is 20. The van der Waals surface area contributed by atoms with Crippen molar-refractivity contribution < 1.29 is 43.1 Å². The van der Waals surface area contributed by atoms with Crippen LogP contribution in [0.3, 0.4) is 0 Å². The second kappa shape index (κ2) is 43.8. The van der Waals surface area contributed by atoms with Gasteiger partial charge < -0.3 is 29.0 Å². The van der Waals surface area contributed by atoms with Crippen LogP contribution < -0.4 is 36.4 Å². The molecule has 6 aromatic carbocycles. The quantitative estimate of drug-likeness (QED) is 0.0529. The van der Waals surface area contributed by atoms with Crippen molar-refractivity contribution in [2.75, 3.05) is 105 Å². The number of amides is 8. The summed E-state index contributed by atoms with van der Waals surface area (Å²) in [5, 5.41) is 21.8. The van der Waals surface area contributed by atoms with E-state index < -0.39 is 0 Å². The third-order valence-corrected chi connectivity index (χ3v) is 24.8. The van der Waals surface area contributed by atoms with Crippen LogP contribution in [0.1, 0.15) is 130 Å². The van der Waals surface area contributed by atoms with Crippen molar-refractivity contribution in [2.45, 2.75) is 97.1 Å². The molecule has 3 fully saturated rings. The average molecular weight is 1980 g/mol. The molecule has 6 aromatic heterocycles. The predicted molar refractivity (Wildman–Crippen MR) is 520 cm³/mol. The number of likely N-dealkylation sites (tertiary alicyclic amines) is 2. The number of para-hydroxylation sites is 3. The number of rotatable bonds is 17. The molecule has 11 heterocycles. The lowest BCUT2D eigenvalue weighted by Gasteiger charge is -2.31. The lowest BCUT2D eigenvalue weighted by atomic mass is 10.1. The number of halogens is 4. The number of aliphatic imine (C=N–C) groups is 1. The average Bonchev–Trinajstić information content (AvgIpc) is 1.64. The maximum atomic E-state index is 13.2. The van der Waals surface area contributed by atoms with Crippen LogP contribution in [0.2, 0.25) is 5.02 Å². The molecule has 0 radical (unpaired) electrons. The molecule has 12 aromatic rings. The van der Waals surface area contributed by atoms with Gasteiger partial charge in [-0.3, -0.25) is 89.6 Å². The number of hydrazine groups is 1. The van der Waals surface area contributed by atoms with Gasteiger partial charge >= 0.3 is 0 Å². The Kier molecular flexibility index (Phi) is 31.4. The number of aryl methyl sites for hydroxylation is 2. The maximum absolute atomic E-state index is 13.2. The van der Waals surface area contributed by atoms with E-state index in [0.717, 1.165) is 118 Å². The first-order chi connectivity index (χ1) is 63.5. The first-order valence-corrected chi connectivity index (χ1v) is 45.9. The molecule has 5 aliphatic rings. The molecule has 36 heteroatoms. The number of piperidine rings is 1. The summed E-state index contributed by atoms with van der Waals surface area (Å²) in [5.41, 5.74) is 12.7. The molecule has 0 saturated carbocycles. The number of carbonyl (C=O) groups is 8. The number of imidazole rings is 4. The summed E-state index contributed by atoms with van der Waals surface area (Å²) in [6.07, 6.45) is 20.0. The Labute approximate surface area is 787 Å². The van der Waals surface area contributed by atoms with Gasteiger partial charge in [-0.05, 0) is 246 Å². The fraction of sp³-hybridized carbons (Fsp3) is 0.284. The van der Waals surface area contributed by atoms with Crippen molar-refractivity contribution in [3.8, 4) is 5.75 Å². The van der Waals surface area contributed by atoms with Crippen LogP contribution >= 0.6 is 59.4 Å². The Bertz CT molecular complexity index is 6390. The largest absolute Gasteiger partial charge is 0.489 e. The number of anilines is 4. The van der Waals surface area contributed by atoms with E-state index in [2.05, 4.69) is 153 Å². The van der Waals surface area contributed by atoms with Gasteiger partial charge in [-0.15, -0.1) is 0 Å². The number of benzene rings is 6. The Morgan fingerprint density at radius 3 is 1.60 bits per heavy atom. The van der Waals surface area contributed by atoms with Gasteiger partial charge in [0.1, 0.15) is 28.2 Å². The van der Waals surface area contributed by atoms with Crippen LogP contribution in [-0.2, 0) is 19.2 Å². The minimum Gasteiger partial charge on any atom is -0.489 e. The zero-order chi connectivity index (χ0) is 92.4. The molecule has 5 N–H and O–H groups in total. The minimum atomic E-state index is -0.322. The van der Waals surface area contributed by atoms with Crippen molar-refractivity contribution in [3.63, 3.8) is 0 Å². The third kappa shape index (κ3) is 22.4. The number of ether oxygens (including phenoxy) is 1. The number of nitrogens with one attached hydrogen (secondary N) is 5. The number of aromatic nitrogens is 10. The Morgan fingerprint density at radius 2 is 1.01 bits per heavy atom. The van der Waals surface area contributed by atoms with Crippen LogP contribution in [-0.4, -0.2) is 217 Å². The molecule has 1 unspecified atom stereocenters. The van der Waals surface area contributed by atoms with Gasteiger partial charge in [0, 0.05) is 121 Å². The van der Waals surface area contributed by atoms with E-state index >= 15 is 0 Å². The molecule has 5 aliphatic heterocycles. The summed E-state index contributed by atoms with van der Waals surface area (Å²) in [6.45, 7) is 28.6. The fourth-order valence-electron chi connectivity index (χ4n) is 16.0. The highest BCUT2D eigenvalue weighted by Gasteiger charge is 2.33. The maximum Gasteiger partial charge on any atom is 0.266 e. The molecule has 3 saturated heterocycles. The van der Waals surface area contributed by atoms with Crippen molar-refractivity contribution >= 4 is 186 Å². The van der Waals surface area contributed by atoms with Crippen molar-refractivity contribution in [2.24, 2.45) is 10.1 Å². The number of carbonyl (C=O) groups excluding carboxylic acids is 8. The van der Waals surface area contributed by atoms with E-state index in [1.807, 2.05) is 119 Å². The van der Waals surface area contributed by atoms with Crippen molar-refractivity contribution in [3.05, 3.63) is 267 Å². The van der Waals surface area contributed by atoms with E-state index in [-0.39, 0.29) is 59.4 Å². The molecule has 676 valence electrons. The molecule has 1 atom stereocenters. The monoisotopic (exact) mass is 1980 g/mol. The number of hydrazone groups is 1. The third-order valence-electron chi connectivity index (χ3n) is 22.5. The van der Waals surface area contributed by atoms with Gasteiger partial charge in [0.2, 0.25) is 41.6 Å². The summed E-state index contributed by atoms with van der Waals surface area (Å²) >= 11 is 17.8. The molecule has 32 nitrogen and oxygen atoms in total. The molecule has 0 aliphatic carbocycles. The van der Waals surface area contributed by atoms with Gasteiger partial charge in [0.05, 0.1) is 62.3 Å². The molecular formula is C95H99Br3ClN23O9. The molecule has 131 heavy (non-hydrogen) atoms. The number of fused-ring (bicyclic) bond motifs is 4. The van der Waals surface area contributed by atoms with Crippen molar-refractivity contribution in [1.82, 2.24) is 78.4 Å². The SMILES string of the molecule is C=CC(=O)N1CCCCC(n2c(NC(=O)c3ccccc3)nc3ccc(OC4CCN(CC)CC4)c(Cl)c32)C1.C=CC(=O)N1CCCCC(n2c(NC(=O)c3cncc(C)c3)nc3cccc(Br)c32)=N1.C=CC(=O)N1CCCN(n2c(NC(=O)c3cncc(C)c3)nc3cccc(Br)c32)CC1.C=CC(=O)N1CCCN=C(n2c(NC(=O)c3ccccc3)nc3cccc(Br)c32)N1. The standard InChI is InChI=1S/C30H36ClN5O3.C22H23BrN6O2.C22H21BrN6O2.C21H19BrN6O2/c1-3-26(37)35-17-9-8-12-22(20-35)36-28-24(32-30(36)33-29(38)21-10-6-5-7-11-21)13-14-25(27(28)31)39-23-15-18-34(4-2)19-16-23;1-3-19(30)27-8-5-9-28(11-10-27)29-20-17(23)6-4-7-18(20)25-22(29)26-21(31)16-12-15(2)13-24-14-16;1-3-19(30)28-10-5-4-9-18(27-28)29-20-16(23)7-6-8-17(20)25-22(29)26-21(31)15-11-14(2)12-24-13-15;1-2-17(29)27-13-7-12-23-20(26-27)28-18-15(22)10-6-11-16(18)24-21(28)25-19(30)14-8-4-3-5-9-14/h3,5-7,10-11,13-14,22-23H,1,4,8-9,12,15-20H2,2H3,(H,32,33,38);3-4,6-7,12-14H,1,5,8-11H2,2H3,(H,25,26,31);3,6-8,11-13H,1,4-5,9-10H2,2H3,(H,25,26,31);2-6,8-11H,1,7,12-13H2,(H,23,26)(H,24,25,30). The summed E-state index contributed by atoms with van der Waals surface area (Å²) in [5.74, 6) is 1.25. The van der Waals surface area contributed by atoms with Crippen LogP contribution in [0, 0.1) is 13.8 Å². The van der Waals surface area contributed by atoms with E-state index in [0.29, 0.717) is 162 Å². The molecule has 0 bridgehead atoms. The Balaban J connectivity index is 0.000000142. The van der Waals surface area contributed by atoms with Gasteiger partial charge in [-0.1, -0.05) is 99.4 Å². The Morgan fingerprint density at radius 1 is 0.489 bits per heavy atom. The predicted octanol–water partition coefficient (Wildman–Crippen LogP) is 15.9. The van der Waals surface area contributed by atoms with Gasteiger partial charge in [-0.25, -0.2) is 34.2 Å². The van der Waals surface area contributed by atoms with Crippen molar-refractivity contribution in [1.29, 1.82) is 0 Å². The lowest BCUT2D eigenvalue weighted by Crippen LogP contribution is -2.47. The molecule has 0 spiro atoms. The Hall–Kier alpha value is -13.4. The van der Waals surface area contributed by atoms with Gasteiger partial charge in [0.25, 0.3) is 35.4 Å². The first kappa shape index (κ1) is 93.8. The highest BCUT2D eigenvalue weighted by atomic mass is 79.9. The van der Waals surface area contributed by atoms with E-state index in [4.69, 9.17) is 21.3 Å². The van der Waals surface area contributed by atoms with Crippen LogP contribution in [0.5, 0.6) is 5.75 Å². The van der Waals surface area contributed by atoms with Gasteiger partial charge in [-0.2, -0.15) is 5.10 Å². The second-order valence-electron chi connectivity index (χ2n) is 31.4. The first-order valence-electron chi connectivity index (χ1n) is 43.2. The molecular weight excluding hydrogens is 1880 g/mol. The lowest BCUT2D eigenvalue weighted by molar-refractivity contribution is -0.128. The topological polar surface area (TPSA) is 347 Å². The van der Waals surface area contributed by atoms with Gasteiger partial charge in [0.15, 0.2) is 0 Å². The van der Waals surface area contributed by atoms with E-state index in [1.165, 1.54) is 46.7 Å². The van der Waals surface area contributed by atoms with E-state index in [1.54, 1.807) is 75.0 Å². The van der Waals surface area contributed by atoms with Crippen LogP contribution in [0.25, 0.3) is 44.1 Å². The van der Waals surface area contributed by atoms with Crippen LogP contribution in [0.4, 0.5) is 23.8 Å². The van der Waals surface area contributed by atoms with E-state index in [9.17, 15) is 38.4 Å². The highest BCUT2D eigenvalue weighted by molar-refractivity contribution is 9.11. The molecule has 8 amide bonds. The summed E-state index contributed by atoms with van der Waals surface area (Å²) in [6, 6.07) is 42.1. The molecule has 17 rings (SSSR count). The fourth-order valence-corrected chi connectivity index (χ4v) is 17.9. The number of hydrogen-bond donors (Lipinski definition) is 5. The van der Waals surface area contributed by atoms with Crippen LogP contribution in [0.15, 0.2) is 238 Å². The zero-order valence-corrected chi connectivity index (χ0v) is 78.2. The number of nitrogens with zero attached hydrogens (tertiary/aromatic N) is 18. The zero-order valence-electron chi connectivity index (χ0n) is 72.7. The summed E-state index contributed by atoms with van der Waals surface area (Å²) in [7, 11) is 0.